The van der Waals surface area contributed by atoms with E-state index in [1.54, 1.807) is 12.1 Å². The standard InChI is InChI=1S/C26H40N2O2/c1-25(2,3)21-9-11-23(29)19(15-21)17-28(14-13-27(7)8)18-20-16-22(26(4,5)6)10-12-24(20)30/h9-12,15-16,29-30H,13-14,17-18H2,1-8H3. The number of nitrogens with zero attached hydrogens (tertiary/aromatic N) is 2. The summed E-state index contributed by atoms with van der Waals surface area (Å²) in [6, 6.07) is 11.8. The lowest BCUT2D eigenvalue weighted by Gasteiger charge is -2.27. The van der Waals surface area contributed by atoms with E-state index in [4.69, 9.17) is 0 Å². The number of rotatable bonds is 7. The minimum atomic E-state index is 0.0240. The van der Waals surface area contributed by atoms with Gasteiger partial charge in [-0.05, 0) is 48.2 Å². The maximum atomic E-state index is 10.5. The summed E-state index contributed by atoms with van der Waals surface area (Å²) in [6.07, 6.45) is 0. The van der Waals surface area contributed by atoms with Gasteiger partial charge in [0.15, 0.2) is 0 Å². The molecule has 0 aliphatic heterocycles. The molecule has 0 unspecified atom stereocenters. The lowest BCUT2D eigenvalue weighted by atomic mass is 9.85. The molecular formula is C26H40N2O2. The molecule has 0 aliphatic rings. The zero-order valence-electron chi connectivity index (χ0n) is 20.1. The Bertz CT molecular complexity index is 780. The molecule has 2 aromatic rings. The predicted molar refractivity (Wildman–Crippen MR) is 126 cm³/mol. The van der Waals surface area contributed by atoms with Crippen LogP contribution in [0.1, 0.15) is 63.8 Å². The first-order valence-corrected chi connectivity index (χ1v) is 10.8. The topological polar surface area (TPSA) is 46.9 Å². The van der Waals surface area contributed by atoms with Gasteiger partial charge in [0.25, 0.3) is 0 Å². The van der Waals surface area contributed by atoms with Crippen LogP contribution in [0.4, 0.5) is 0 Å². The van der Waals surface area contributed by atoms with Crippen molar-refractivity contribution in [2.45, 2.75) is 65.5 Å². The smallest absolute Gasteiger partial charge is 0.120 e. The molecule has 0 bridgehead atoms. The van der Waals surface area contributed by atoms with E-state index in [2.05, 4.69) is 77.6 Å². The van der Waals surface area contributed by atoms with Crippen LogP contribution in [-0.2, 0) is 23.9 Å². The maximum absolute atomic E-state index is 10.5. The van der Waals surface area contributed by atoms with E-state index in [-0.39, 0.29) is 10.8 Å². The molecule has 0 amide bonds. The van der Waals surface area contributed by atoms with Gasteiger partial charge >= 0.3 is 0 Å². The van der Waals surface area contributed by atoms with Crippen molar-refractivity contribution in [1.29, 1.82) is 0 Å². The normalized spacial score (nSPS) is 12.7. The number of phenolic OH excluding ortho intramolecular Hbond substituents is 2. The summed E-state index contributed by atoms with van der Waals surface area (Å²) in [6.45, 7) is 16.1. The second-order valence-electron chi connectivity index (χ2n) is 10.7. The molecule has 4 nitrogen and oxygen atoms in total. The number of phenols is 2. The van der Waals surface area contributed by atoms with Gasteiger partial charge < -0.3 is 15.1 Å². The van der Waals surface area contributed by atoms with E-state index >= 15 is 0 Å². The van der Waals surface area contributed by atoms with Gasteiger partial charge in [-0.25, -0.2) is 0 Å². The quantitative estimate of drug-likeness (QED) is 0.651. The molecule has 30 heavy (non-hydrogen) atoms. The second kappa shape index (κ2) is 9.40. The van der Waals surface area contributed by atoms with Crippen LogP contribution in [0.3, 0.4) is 0 Å². The van der Waals surface area contributed by atoms with Crippen LogP contribution in [0.2, 0.25) is 0 Å². The molecule has 2 aromatic carbocycles. The summed E-state index contributed by atoms with van der Waals surface area (Å²) in [5.74, 6) is 0.649. The summed E-state index contributed by atoms with van der Waals surface area (Å²) in [5, 5.41) is 21.0. The van der Waals surface area contributed by atoms with Crippen LogP contribution in [0, 0.1) is 0 Å². The maximum Gasteiger partial charge on any atom is 0.120 e. The largest absolute Gasteiger partial charge is 0.508 e. The van der Waals surface area contributed by atoms with Gasteiger partial charge in [-0.2, -0.15) is 0 Å². The van der Waals surface area contributed by atoms with E-state index in [0.717, 1.165) is 24.2 Å². The molecule has 0 aliphatic carbocycles. The first-order valence-electron chi connectivity index (χ1n) is 10.8. The Labute approximate surface area is 183 Å². The molecule has 0 heterocycles. The van der Waals surface area contributed by atoms with Crippen LogP contribution in [-0.4, -0.2) is 47.2 Å². The SMILES string of the molecule is CN(C)CCN(Cc1cc(C(C)(C)C)ccc1O)Cc1cc(C(C)(C)C)ccc1O. The zero-order chi connectivity index (χ0) is 22.7. The summed E-state index contributed by atoms with van der Waals surface area (Å²) >= 11 is 0. The minimum Gasteiger partial charge on any atom is -0.508 e. The third-order valence-electron chi connectivity index (χ3n) is 5.54. The van der Waals surface area contributed by atoms with E-state index in [9.17, 15) is 10.2 Å². The van der Waals surface area contributed by atoms with E-state index in [1.165, 1.54) is 11.1 Å². The van der Waals surface area contributed by atoms with Gasteiger partial charge in [0, 0.05) is 37.3 Å². The fourth-order valence-corrected chi connectivity index (χ4v) is 3.39. The van der Waals surface area contributed by atoms with Crippen LogP contribution in [0.5, 0.6) is 11.5 Å². The molecule has 0 aromatic heterocycles. The number of hydrogen-bond acceptors (Lipinski definition) is 4. The predicted octanol–water partition coefficient (Wildman–Crippen LogP) is 5.26. The molecule has 0 atom stereocenters. The van der Waals surface area contributed by atoms with E-state index in [0.29, 0.717) is 24.6 Å². The molecule has 4 heteroatoms. The first-order chi connectivity index (χ1) is 13.8. The Morgan fingerprint density at radius 1 is 0.667 bits per heavy atom. The number of likely N-dealkylation sites (N-methyl/N-ethyl adjacent to an activating group) is 1. The van der Waals surface area contributed by atoms with Crippen molar-refractivity contribution >= 4 is 0 Å². The van der Waals surface area contributed by atoms with Crippen molar-refractivity contribution in [2.75, 3.05) is 27.2 Å². The summed E-state index contributed by atoms with van der Waals surface area (Å²) < 4.78 is 0. The zero-order valence-corrected chi connectivity index (χ0v) is 20.1. The monoisotopic (exact) mass is 412 g/mol. The molecule has 2 N–H and O–H groups in total. The lowest BCUT2D eigenvalue weighted by Crippen LogP contribution is -2.31. The molecular weight excluding hydrogens is 372 g/mol. The molecule has 166 valence electrons. The molecule has 0 radical (unpaired) electrons. The molecule has 0 saturated carbocycles. The number of benzene rings is 2. The van der Waals surface area contributed by atoms with Crippen LogP contribution in [0.25, 0.3) is 0 Å². The molecule has 2 rings (SSSR count). The third-order valence-corrected chi connectivity index (χ3v) is 5.54. The minimum absolute atomic E-state index is 0.0240. The Morgan fingerprint density at radius 3 is 1.40 bits per heavy atom. The van der Waals surface area contributed by atoms with Crippen LogP contribution < -0.4 is 0 Å². The molecule has 0 fully saturated rings. The second-order valence-corrected chi connectivity index (χ2v) is 10.7. The van der Waals surface area contributed by atoms with Crippen LogP contribution >= 0.6 is 0 Å². The van der Waals surface area contributed by atoms with Crippen molar-refractivity contribution < 1.29 is 10.2 Å². The average Bonchev–Trinajstić information content (AvgIpc) is 2.61. The van der Waals surface area contributed by atoms with Crippen molar-refractivity contribution in [3.8, 4) is 11.5 Å². The summed E-state index contributed by atoms with van der Waals surface area (Å²) in [5.41, 5.74) is 4.31. The van der Waals surface area contributed by atoms with Gasteiger partial charge in [0.2, 0.25) is 0 Å². The number of aromatic hydroxyl groups is 2. The molecule has 0 saturated heterocycles. The lowest BCUT2D eigenvalue weighted by molar-refractivity contribution is 0.221. The van der Waals surface area contributed by atoms with Crippen LogP contribution in [0.15, 0.2) is 36.4 Å². The van der Waals surface area contributed by atoms with Crippen molar-refractivity contribution in [2.24, 2.45) is 0 Å². The Kier molecular flexibility index (Phi) is 7.59. The summed E-state index contributed by atoms with van der Waals surface area (Å²) in [7, 11) is 4.13. The summed E-state index contributed by atoms with van der Waals surface area (Å²) in [4.78, 5) is 4.45. The fourth-order valence-electron chi connectivity index (χ4n) is 3.39. The van der Waals surface area contributed by atoms with E-state index in [1.807, 2.05) is 12.1 Å². The van der Waals surface area contributed by atoms with Gasteiger partial charge in [0.1, 0.15) is 11.5 Å². The average molecular weight is 413 g/mol. The highest BCUT2D eigenvalue weighted by Gasteiger charge is 2.19. The van der Waals surface area contributed by atoms with Crippen molar-refractivity contribution in [1.82, 2.24) is 9.80 Å². The van der Waals surface area contributed by atoms with Crippen molar-refractivity contribution in [3.05, 3.63) is 58.7 Å². The van der Waals surface area contributed by atoms with Gasteiger partial charge in [0.05, 0.1) is 0 Å². The molecule has 0 spiro atoms. The van der Waals surface area contributed by atoms with Gasteiger partial charge in [-0.3, -0.25) is 4.90 Å². The highest BCUT2D eigenvalue weighted by molar-refractivity contribution is 5.40. The van der Waals surface area contributed by atoms with Gasteiger partial charge in [-0.15, -0.1) is 0 Å². The number of hydrogen-bond donors (Lipinski definition) is 2. The Hall–Kier alpha value is -2.04. The Morgan fingerprint density at radius 2 is 1.07 bits per heavy atom. The fraction of sp³-hybridized carbons (Fsp3) is 0.538. The van der Waals surface area contributed by atoms with Gasteiger partial charge in [-0.1, -0.05) is 65.8 Å². The highest BCUT2D eigenvalue weighted by atomic mass is 16.3. The van der Waals surface area contributed by atoms with E-state index < -0.39 is 0 Å². The Balaban J connectivity index is 2.34. The van der Waals surface area contributed by atoms with Crippen molar-refractivity contribution in [3.63, 3.8) is 0 Å². The third kappa shape index (κ3) is 6.75. The first kappa shape index (κ1) is 24.2. The highest BCUT2D eigenvalue weighted by Crippen LogP contribution is 2.31.